The lowest BCUT2D eigenvalue weighted by Crippen LogP contribution is -2.51. The standard InChI is InChI=1S/C14H15Cl4F3N2O2/c1-6(2)10(11(24)23-12(25)13(16,17)18)22-9-4-3-7(5-8(9)15)14(19,20)21/h3-6,10,12,22,25H,1-2H3,(H,23,24)/t10-,12+/m1/s1. The Labute approximate surface area is 162 Å². The molecule has 0 aliphatic rings. The quantitative estimate of drug-likeness (QED) is 0.462. The lowest BCUT2D eigenvalue weighted by molar-refractivity contribution is -0.137. The van der Waals surface area contributed by atoms with Crippen LogP contribution in [0.3, 0.4) is 0 Å². The van der Waals surface area contributed by atoms with E-state index in [4.69, 9.17) is 46.4 Å². The summed E-state index contributed by atoms with van der Waals surface area (Å²) >= 11 is 22.3. The zero-order chi connectivity index (χ0) is 19.6. The Kier molecular flexibility index (Phi) is 7.53. The summed E-state index contributed by atoms with van der Waals surface area (Å²) in [5, 5.41) is 14.3. The minimum absolute atomic E-state index is 0.117. The number of aliphatic hydroxyl groups excluding tert-OH is 1. The van der Waals surface area contributed by atoms with Crippen molar-refractivity contribution >= 4 is 58.0 Å². The average molecular weight is 442 g/mol. The first kappa shape index (κ1) is 22.4. The molecule has 0 unspecified atom stereocenters. The van der Waals surface area contributed by atoms with E-state index in [1.54, 1.807) is 13.8 Å². The van der Waals surface area contributed by atoms with E-state index in [1.165, 1.54) is 0 Å². The van der Waals surface area contributed by atoms with Gasteiger partial charge in [-0.15, -0.1) is 0 Å². The number of carbonyl (C=O) groups is 1. The van der Waals surface area contributed by atoms with Crippen LogP contribution in [-0.4, -0.2) is 27.1 Å². The number of alkyl halides is 6. The number of carbonyl (C=O) groups excluding carboxylic acids is 1. The minimum Gasteiger partial charge on any atom is -0.372 e. The third kappa shape index (κ3) is 6.57. The first-order valence-electron chi connectivity index (χ1n) is 6.92. The Morgan fingerprint density at radius 2 is 1.76 bits per heavy atom. The molecule has 1 aromatic rings. The first-order valence-corrected chi connectivity index (χ1v) is 8.43. The van der Waals surface area contributed by atoms with Crippen molar-refractivity contribution in [2.75, 3.05) is 5.32 Å². The van der Waals surface area contributed by atoms with Crippen LogP contribution >= 0.6 is 46.4 Å². The summed E-state index contributed by atoms with van der Waals surface area (Å²) in [5.74, 6) is -1.04. The van der Waals surface area contributed by atoms with Crippen molar-refractivity contribution in [2.24, 2.45) is 5.92 Å². The Hall–Kier alpha value is -0.600. The molecule has 25 heavy (non-hydrogen) atoms. The fraction of sp³-hybridized carbons (Fsp3) is 0.500. The van der Waals surface area contributed by atoms with Gasteiger partial charge in [-0.3, -0.25) is 4.79 Å². The van der Waals surface area contributed by atoms with Gasteiger partial charge >= 0.3 is 6.18 Å². The van der Waals surface area contributed by atoms with E-state index < -0.39 is 33.7 Å². The van der Waals surface area contributed by atoms with Crippen LogP contribution in [0.2, 0.25) is 5.02 Å². The van der Waals surface area contributed by atoms with E-state index in [-0.39, 0.29) is 16.6 Å². The molecule has 2 atom stereocenters. The summed E-state index contributed by atoms with van der Waals surface area (Å²) in [7, 11) is 0. The number of aliphatic hydroxyl groups is 1. The van der Waals surface area contributed by atoms with Crippen LogP contribution in [0.5, 0.6) is 0 Å². The predicted octanol–water partition coefficient (Wildman–Crippen LogP) is 4.60. The van der Waals surface area contributed by atoms with Gasteiger partial charge in [0.2, 0.25) is 9.70 Å². The maximum atomic E-state index is 12.7. The van der Waals surface area contributed by atoms with Gasteiger partial charge in [-0.2, -0.15) is 13.2 Å². The number of nitrogens with one attached hydrogen (secondary N) is 2. The summed E-state index contributed by atoms with van der Waals surface area (Å²) in [6.07, 6.45) is -6.30. The highest BCUT2D eigenvalue weighted by atomic mass is 35.6. The minimum atomic E-state index is -4.54. The normalized spacial score (nSPS) is 15.0. The van der Waals surface area contributed by atoms with Crippen LogP contribution in [0.15, 0.2) is 18.2 Å². The highest BCUT2D eigenvalue weighted by Gasteiger charge is 2.35. The maximum absolute atomic E-state index is 12.7. The van der Waals surface area contributed by atoms with E-state index in [1.807, 2.05) is 0 Å². The molecular weight excluding hydrogens is 427 g/mol. The molecule has 0 aliphatic heterocycles. The van der Waals surface area contributed by atoms with E-state index in [9.17, 15) is 23.1 Å². The zero-order valence-electron chi connectivity index (χ0n) is 13.0. The second-order valence-corrected chi connectivity index (χ2v) is 8.29. The van der Waals surface area contributed by atoms with E-state index >= 15 is 0 Å². The lowest BCUT2D eigenvalue weighted by Gasteiger charge is -2.27. The molecule has 0 saturated carbocycles. The van der Waals surface area contributed by atoms with Crippen LogP contribution < -0.4 is 10.6 Å². The number of benzene rings is 1. The van der Waals surface area contributed by atoms with Gasteiger partial charge < -0.3 is 15.7 Å². The van der Waals surface area contributed by atoms with Crippen molar-refractivity contribution < 1.29 is 23.1 Å². The van der Waals surface area contributed by atoms with Crippen LogP contribution in [-0.2, 0) is 11.0 Å². The van der Waals surface area contributed by atoms with Crippen LogP contribution in [0.25, 0.3) is 0 Å². The van der Waals surface area contributed by atoms with Gasteiger partial charge in [-0.25, -0.2) is 0 Å². The largest absolute Gasteiger partial charge is 0.416 e. The summed E-state index contributed by atoms with van der Waals surface area (Å²) in [6, 6.07) is 1.74. The summed E-state index contributed by atoms with van der Waals surface area (Å²) < 4.78 is 35.9. The van der Waals surface area contributed by atoms with Gasteiger partial charge in [-0.05, 0) is 24.1 Å². The van der Waals surface area contributed by atoms with Crippen LogP contribution in [0, 0.1) is 5.92 Å². The number of rotatable bonds is 5. The van der Waals surface area contributed by atoms with Crippen molar-refractivity contribution in [3.05, 3.63) is 28.8 Å². The number of hydrogen-bond acceptors (Lipinski definition) is 3. The summed E-state index contributed by atoms with van der Waals surface area (Å²) in [4.78, 5) is 12.3. The number of anilines is 1. The Morgan fingerprint density at radius 3 is 2.16 bits per heavy atom. The molecule has 1 rings (SSSR count). The maximum Gasteiger partial charge on any atom is 0.416 e. The number of hydrogen-bond donors (Lipinski definition) is 3. The summed E-state index contributed by atoms with van der Waals surface area (Å²) in [5.41, 5.74) is -0.799. The van der Waals surface area contributed by atoms with Gasteiger partial charge in [0.1, 0.15) is 6.04 Å². The highest BCUT2D eigenvalue weighted by molar-refractivity contribution is 6.68. The summed E-state index contributed by atoms with van der Waals surface area (Å²) in [6.45, 7) is 3.36. The Balaban J connectivity index is 2.97. The first-order chi connectivity index (χ1) is 11.2. The van der Waals surface area contributed by atoms with Gasteiger partial charge in [0.05, 0.1) is 16.3 Å². The van der Waals surface area contributed by atoms with Crippen molar-refractivity contribution in [3.8, 4) is 0 Å². The fourth-order valence-electron chi connectivity index (χ4n) is 1.82. The van der Waals surface area contributed by atoms with E-state index in [0.717, 1.165) is 18.2 Å². The third-order valence-corrected chi connectivity index (χ3v) is 4.08. The van der Waals surface area contributed by atoms with Crippen molar-refractivity contribution in [1.82, 2.24) is 5.32 Å². The molecule has 0 radical (unpaired) electrons. The number of halogens is 7. The topological polar surface area (TPSA) is 61.4 Å². The molecule has 11 heteroatoms. The highest BCUT2D eigenvalue weighted by Crippen LogP contribution is 2.34. The van der Waals surface area contributed by atoms with E-state index in [0.29, 0.717) is 0 Å². The Bertz CT molecular complexity index is 621. The molecule has 1 aromatic carbocycles. The SMILES string of the molecule is CC(C)[C@@H](Nc1ccc(C(F)(F)F)cc1Cl)C(=O)N[C@@H](O)C(Cl)(Cl)Cl. The van der Waals surface area contributed by atoms with Gasteiger partial charge in [0.15, 0.2) is 6.23 Å². The monoisotopic (exact) mass is 440 g/mol. The molecule has 1 amide bonds. The van der Waals surface area contributed by atoms with Crippen molar-refractivity contribution in [3.63, 3.8) is 0 Å². The van der Waals surface area contributed by atoms with Crippen molar-refractivity contribution in [1.29, 1.82) is 0 Å². The van der Waals surface area contributed by atoms with Gasteiger partial charge in [0, 0.05) is 0 Å². The second kappa shape index (κ2) is 8.39. The lowest BCUT2D eigenvalue weighted by atomic mass is 10.0. The predicted molar refractivity (Wildman–Crippen MR) is 93.1 cm³/mol. The number of amides is 1. The second-order valence-electron chi connectivity index (χ2n) is 5.51. The zero-order valence-corrected chi connectivity index (χ0v) is 16.0. The van der Waals surface area contributed by atoms with Crippen LogP contribution in [0.1, 0.15) is 19.4 Å². The molecule has 142 valence electrons. The van der Waals surface area contributed by atoms with Crippen molar-refractivity contribution in [2.45, 2.75) is 36.1 Å². The van der Waals surface area contributed by atoms with E-state index in [2.05, 4.69) is 10.6 Å². The van der Waals surface area contributed by atoms with Crippen LogP contribution in [0.4, 0.5) is 18.9 Å². The molecular formula is C14H15Cl4F3N2O2. The molecule has 0 aromatic heterocycles. The Morgan fingerprint density at radius 1 is 1.20 bits per heavy atom. The van der Waals surface area contributed by atoms with Gasteiger partial charge in [0.25, 0.3) is 0 Å². The smallest absolute Gasteiger partial charge is 0.372 e. The molecule has 0 saturated heterocycles. The molecule has 0 fully saturated rings. The molecule has 4 nitrogen and oxygen atoms in total. The fourth-order valence-corrected chi connectivity index (χ4v) is 2.22. The molecule has 0 heterocycles. The molecule has 0 bridgehead atoms. The van der Waals surface area contributed by atoms with Gasteiger partial charge in [-0.1, -0.05) is 60.3 Å². The molecule has 0 aliphatic carbocycles. The molecule has 0 spiro atoms. The third-order valence-electron chi connectivity index (χ3n) is 3.15. The average Bonchev–Trinajstić information content (AvgIpc) is 2.43. The molecule has 3 N–H and O–H groups in total.